The Bertz CT molecular complexity index is 1280. The van der Waals surface area contributed by atoms with Gasteiger partial charge < -0.3 is 19.5 Å². The largest absolute Gasteiger partial charge is 0.493 e. The normalized spacial score (nSPS) is 15.9. The molecule has 10 heteroatoms. The lowest BCUT2D eigenvalue weighted by atomic mass is 10.0. The number of halogens is 1. The Hall–Kier alpha value is -4.47. The molecule has 2 aromatic carbocycles. The number of nitrogens with zero attached hydrogens (tertiary/aromatic N) is 3. The Balaban J connectivity index is 1.78. The minimum atomic E-state index is -1.04. The number of cyclic esters (lactones) is 1. The van der Waals surface area contributed by atoms with Crippen molar-refractivity contribution >= 4 is 17.7 Å². The molecule has 0 saturated carbocycles. The van der Waals surface area contributed by atoms with Crippen LogP contribution >= 0.6 is 0 Å². The average molecular weight is 507 g/mol. The Kier molecular flexibility index (Phi) is 7.97. The third-order valence-electron chi connectivity index (χ3n) is 5.79. The number of carbonyl (C=O) groups is 2. The first-order chi connectivity index (χ1) is 17.9. The molecular weight excluding hydrogens is 479 g/mol. The summed E-state index contributed by atoms with van der Waals surface area (Å²) in [6, 6.07) is 17.2. The highest BCUT2D eigenvalue weighted by atomic mass is 19.1. The molecule has 192 valence electrons. The van der Waals surface area contributed by atoms with E-state index in [1.165, 1.54) is 13.3 Å². The molecule has 1 aliphatic rings. The second-order valence-electron chi connectivity index (χ2n) is 8.23. The summed E-state index contributed by atoms with van der Waals surface area (Å²) in [7, 11) is 1.45. The third kappa shape index (κ3) is 5.69. The number of methoxy groups -OCH3 is 1. The van der Waals surface area contributed by atoms with Crippen LogP contribution in [0.15, 0.2) is 72.0 Å². The van der Waals surface area contributed by atoms with E-state index in [1.807, 2.05) is 26.0 Å². The van der Waals surface area contributed by atoms with E-state index in [-0.39, 0.29) is 11.4 Å². The first-order valence-electron chi connectivity index (χ1n) is 11.7. The van der Waals surface area contributed by atoms with Crippen molar-refractivity contribution in [2.24, 2.45) is 5.10 Å². The highest BCUT2D eigenvalue weighted by Crippen LogP contribution is 2.32. The molecule has 1 N–H and O–H groups in total. The van der Waals surface area contributed by atoms with Crippen molar-refractivity contribution in [1.82, 2.24) is 15.3 Å². The summed E-state index contributed by atoms with van der Waals surface area (Å²) in [6.07, 6.45) is -0.431. The van der Waals surface area contributed by atoms with Crippen molar-refractivity contribution in [2.45, 2.75) is 32.5 Å². The minimum absolute atomic E-state index is 0.182. The van der Waals surface area contributed by atoms with Gasteiger partial charge in [0.05, 0.1) is 7.11 Å². The van der Waals surface area contributed by atoms with Gasteiger partial charge in [-0.2, -0.15) is 10.1 Å². The van der Waals surface area contributed by atoms with Gasteiger partial charge in [0.25, 0.3) is 5.91 Å². The van der Waals surface area contributed by atoms with E-state index in [1.54, 1.807) is 48.5 Å². The molecule has 3 aromatic rings. The lowest BCUT2D eigenvalue weighted by molar-refractivity contribution is 0.0492. The molecule has 1 aliphatic heterocycles. The number of pyridine rings is 1. The van der Waals surface area contributed by atoms with E-state index in [0.29, 0.717) is 29.0 Å². The summed E-state index contributed by atoms with van der Waals surface area (Å²) in [4.78, 5) is 30.3. The average Bonchev–Trinajstić information content (AvgIpc) is 2.93. The van der Waals surface area contributed by atoms with Crippen LogP contribution in [-0.2, 0) is 4.74 Å². The van der Waals surface area contributed by atoms with Crippen LogP contribution in [0.4, 0.5) is 9.18 Å². The fourth-order valence-corrected chi connectivity index (χ4v) is 3.87. The molecule has 0 saturated heterocycles. The van der Waals surface area contributed by atoms with Crippen LogP contribution in [0.1, 0.15) is 46.7 Å². The van der Waals surface area contributed by atoms with Gasteiger partial charge in [0.2, 0.25) is 6.86 Å². The highest BCUT2D eigenvalue weighted by Gasteiger charge is 2.37. The van der Waals surface area contributed by atoms with E-state index in [2.05, 4.69) is 15.4 Å². The number of ether oxygens (including phenoxy) is 3. The van der Waals surface area contributed by atoms with Crippen LogP contribution in [0.3, 0.4) is 0 Å². The Labute approximate surface area is 213 Å². The number of carbonyl (C=O) groups excluding carboxylic acids is 2. The molecule has 2 atom stereocenters. The van der Waals surface area contributed by atoms with Crippen molar-refractivity contribution in [3.05, 3.63) is 89.2 Å². The Morgan fingerprint density at radius 1 is 1.16 bits per heavy atom. The number of hydrazone groups is 1. The highest BCUT2D eigenvalue weighted by molar-refractivity contribution is 6.06. The van der Waals surface area contributed by atoms with Gasteiger partial charge >= 0.3 is 6.09 Å². The number of aromatic nitrogens is 1. The van der Waals surface area contributed by atoms with Gasteiger partial charge in [0.1, 0.15) is 17.5 Å². The van der Waals surface area contributed by atoms with E-state index in [4.69, 9.17) is 14.2 Å². The quantitative estimate of drug-likeness (QED) is 0.449. The van der Waals surface area contributed by atoms with Crippen molar-refractivity contribution in [3.63, 3.8) is 0 Å². The molecule has 0 spiro atoms. The maximum absolute atomic E-state index is 13.1. The van der Waals surface area contributed by atoms with Gasteiger partial charge in [0, 0.05) is 11.8 Å². The third-order valence-corrected chi connectivity index (χ3v) is 5.79. The number of hydrogen-bond donors (Lipinski definition) is 1. The van der Waals surface area contributed by atoms with E-state index in [0.717, 1.165) is 10.6 Å². The summed E-state index contributed by atoms with van der Waals surface area (Å²) < 4.78 is 29.0. The van der Waals surface area contributed by atoms with Crippen molar-refractivity contribution in [1.29, 1.82) is 0 Å². The second-order valence-corrected chi connectivity index (χ2v) is 8.23. The fraction of sp³-hybridized carbons (Fsp3) is 0.259. The zero-order valence-corrected chi connectivity index (χ0v) is 20.7. The maximum Gasteiger partial charge on any atom is 0.433 e. The summed E-state index contributed by atoms with van der Waals surface area (Å²) in [5, 5.41) is 8.57. The summed E-state index contributed by atoms with van der Waals surface area (Å²) in [6.45, 7) is 2.74. The Morgan fingerprint density at radius 2 is 1.95 bits per heavy atom. The van der Waals surface area contributed by atoms with E-state index >= 15 is 0 Å². The van der Waals surface area contributed by atoms with Crippen LogP contribution in [0.2, 0.25) is 0 Å². The van der Waals surface area contributed by atoms with Gasteiger partial charge in [-0.25, -0.2) is 9.18 Å². The van der Waals surface area contributed by atoms with E-state index < -0.39 is 31.1 Å². The summed E-state index contributed by atoms with van der Waals surface area (Å²) in [5.74, 6) is 0.0401. The molecule has 2 heterocycles. The molecule has 0 bridgehead atoms. The van der Waals surface area contributed by atoms with Crippen LogP contribution in [-0.4, -0.2) is 47.8 Å². The molecule has 0 fully saturated rings. The van der Waals surface area contributed by atoms with E-state index in [9.17, 15) is 14.0 Å². The molecular formula is C27H27FN4O5. The summed E-state index contributed by atoms with van der Waals surface area (Å²) >= 11 is 0. The molecule has 37 heavy (non-hydrogen) atoms. The lowest BCUT2D eigenvalue weighted by Gasteiger charge is -2.34. The van der Waals surface area contributed by atoms with Crippen LogP contribution in [0.5, 0.6) is 11.5 Å². The summed E-state index contributed by atoms with van der Waals surface area (Å²) in [5.41, 5.74) is 2.77. The van der Waals surface area contributed by atoms with Gasteiger partial charge in [-0.3, -0.25) is 9.78 Å². The minimum Gasteiger partial charge on any atom is -0.493 e. The van der Waals surface area contributed by atoms with Crippen molar-refractivity contribution < 1.29 is 28.2 Å². The number of rotatable bonds is 9. The number of amides is 2. The zero-order chi connectivity index (χ0) is 26.4. The van der Waals surface area contributed by atoms with Gasteiger partial charge in [-0.05, 0) is 49.2 Å². The van der Waals surface area contributed by atoms with Crippen LogP contribution < -0.4 is 14.8 Å². The number of nitrogens with one attached hydrogen (secondary N) is 1. The lowest BCUT2D eigenvalue weighted by Crippen LogP contribution is -2.48. The molecule has 0 radical (unpaired) electrons. The number of alkyl halides is 1. The van der Waals surface area contributed by atoms with Gasteiger partial charge in [-0.1, -0.05) is 42.8 Å². The first kappa shape index (κ1) is 25.6. The molecule has 2 amide bonds. The standard InChI is InChI=1S/C27H27FN4O5/c1-4-21-24(19-12-13-22(35-3)23(15-19)36-16-28)31-32(27(34)37-21)25(18-10-8-17(2)9-11-18)30-26(33)20-7-5-6-14-29-20/h5-15,21,25H,4,16H2,1-3H3,(H,30,33). The number of aryl methyl sites for hydroxylation is 1. The molecule has 9 nitrogen and oxygen atoms in total. The molecule has 0 aliphatic carbocycles. The van der Waals surface area contributed by atoms with Crippen LogP contribution in [0, 0.1) is 6.92 Å². The predicted octanol–water partition coefficient (Wildman–Crippen LogP) is 4.77. The zero-order valence-electron chi connectivity index (χ0n) is 20.7. The SMILES string of the molecule is CCC1OC(=O)N(C(NC(=O)c2ccccn2)c2ccc(C)cc2)N=C1c1ccc(OC)c(OCF)c1. The fourth-order valence-electron chi connectivity index (χ4n) is 3.87. The second kappa shape index (κ2) is 11.5. The maximum atomic E-state index is 13.1. The molecule has 4 rings (SSSR count). The molecule has 2 unspecified atom stereocenters. The number of benzene rings is 2. The first-order valence-corrected chi connectivity index (χ1v) is 11.7. The van der Waals surface area contributed by atoms with Gasteiger partial charge in [-0.15, -0.1) is 0 Å². The van der Waals surface area contributed by atoms with Crippen LogP contribution in [0.25, 0.3) is 0 Å². The smallest absolute Gasteiger partial charge is 0.433 e. The van der Waals surface area contributed by atoms with Crippen molar-refractivity contribution in [3.8, 4) is 11.5 Å². The number of hydrogen-bond acceptors (Lipinski definition) is 7. The topological polar surface area (TPSA) is 102 Å². The predicted molar refractivity (Wildman–Crippen MR) is 134 cm³/mol. The monoisotopic (exact) mass is 506 g/mol. The Morgan fingerprint density at radius 3 is 2.59 bits per heavy atom. The molecule has 1 aromatic heterocycles. The van der Waals surface area contributed by atoms with Crippen molar-refractivity contribution in [2.75, 3.05) is 14.0 Å². The van der Waals surface area contributed by atoms with Gasteiger partial charge in [0.15, 0.2) is 17.7 Å².